The number of aromatic amines is 1. The van der Waals surface area contributed by atoms with Crippen molar-refractivity contribution in [3.8, 4) is 11.3 Å². The molecule has 0 unspecified atom stereocenters. The van der Waals surface area contributed by atoms with E-state index in [1.165, 1.54) is 6.33 Å². The SMILES string of the molecule is Cc1cccc(Cc2c(N)oc(-c3cccc4[nH]cnc34)c2P(=O)(O)O)c1. The number of anilines is 1. The Balaban J connectivity index is 1.94. The third-order valence-electron chi connectivity index (χ3n) is 4.46. The van der Waals surface area contributed by atoms with Crippen LogP contribution in [0.1, 0.15) is 16.7 Å². The zero-order valence-electron chi connectivity index (χ0n) is 14.5. The molecule has 0 atom stereocenters. The molecule has 0 bridgehead atoms. The van der Waals surface area contributed by atoms with E-state index in [1.807, 2.05) is 37.3 Å². The summed E-state index contributed by atoms with van der Waals surface area (Å²) in [5, 5.41) is -0.183. The van der Waals surface area contributed by atoms with E-state index in [1.54, 1.807) is 12.1 Å². The van der Waals surface area contributed by atoms with Crippen molar-refractivity contribution in [2.45, 2.75) is 13.3 Å². The maximum atomic E-state index is 12.3. The minimum Gasteiger partial charge on any atom is -0.440 e. The van der Waals surface area contributed by atoms with Gasteiger partial charge in [-0.05, 0) is 24.6 Å². The number of nitrogens with one attached hydrogen (secondary N) is 1. The van der Waals surface area contributed by atoms with Crippen LogP contribution in [0.4, 0.5) is 5.88 Å². The number of benzene rings is 2. The lowest BCUT2D eigenvalue weighted by Gasteiger charge is -2.09. The largest absolute Gasteiger partial charge is 0.440 e. The predicted octanol–water partition coefficient (Wildman–Crippen LogP) is 3.11. The van der Waals surface area contributed by atoms with Crippen LogP contribution in [0, 0.1) is 6.92 Å². The van der Waals surface area contributed by atoms with Gasteiger partial charge in [0.05, 0.1) is 17.4 Å². The second-order valence-corrected chi connectivity index (χ2v) is 7.97. The maximum Gasteiger partial charge on any atom is 0.360 e. The van der Waals surface area contributed by atoms with Gasteiger partial charge >= 0.3 is 7.60 Å². The first kappa shape index (κ1) is 17.5. The van der Waals surface area contributed by atoms with Crippen molar-refractivity contribution >= 4 is 29.8 Å². The number of rotatable bonds is 4. The van der Waals surface area contributed by atoms with Gasteiger partial charge in [0.2, 0.25) is 0 Å². The predicted molar refractivity (Wildman–Crippen MR) is 104 cm³/mol. The molecule has 8 heteroatoms. The lowest BCUT2D eigenvalue weighted by Crippen LogP contribution is -2.12. The Morgan fingerprint density at radius 3 is 2.74 bits per heavy atom. The minimum atomic E-state index is -4.66. The van der Waals surface area contributed by atoms with Crippen LogP contribution >= 0.6 is 7.60 Å². The Kier molecular flexibility index (Phi) is 4.15. The van der Waals surface area contributed by atoms with Crippen molar-refractivity contribution in [3.63, 3.8) is 0 Å². The highest BCUT2D eigenvalue weighted by molar-refractivity contribution is 7.60. The average molecular weight is 383 g/mol. The lowest BCUT2D eigenvalue weighted by molar-refractivity contribution is 0.387. The number of hydrogen-bond acceptors (Lipinski definition) is 4. The van der Waals surface area contributed by atoms with E-state index in [9.17, 15) is 14.4 Å². The highest BCUT2D eigenvalue weighted by atomic mass is 31.2. The van der Waals surface area contributed by atoms with E-state index in [-0.39, 0.29) is 23.4 Å². The third-order valence-corrected chi connectivity index (χ3v) is 5.51. The molecule has 0 aliphatic rings. The van der Waals surface area contributed by atoms with Crippen molar-refractivity contribution in [1.29, 1.82) is 0 Å². The first-order valence-electron chi connectivity index (χ1n) is 8.30. The number of aromatic nitrogens is 2. The number of para-hydroxylation sites is 1. The first-order chi connectivity index (χ1) is 12.8. The number of fused-ring (bicyclic) bond motifs is 1. The average Bonchev–Trinajstić information content (AvgIpc) is 3.19. The van der Waals surface area contributed by atoms with Gasteiger partial charge in [0, 0.05) is 17.5 Å². The zero-order valence-corrected chi connectivity index (χ0v) is 15.4. The van der Waals surface area contributed by atoms with Gasteiger partial charge in [-0.3, -0.25) is 4.57 Å². The molecule has 4 rings (SSSR count). The summed E-state index contributed by atoms with van der Waals surface area (Å²) in [5.74, 6) is 0.0542. The number of nitrogens with zero attached hydrogens (tertiary/aromatic N) is 1. The second-order valence-electron chi connectivity index (χ2n) is 6.44. The highest BCUT2D eigenvalue weighted by Crippen LogP contribution is 2.44. The molecular weight excluding hydrogens is 365 g/mol. The van der Waals surface area contributed by atoms with Crippen molar-refractivity contribution in [2.75, 3.05) is 5.73 Å². The van der Waals surface area contributed by atoms with Gasteiger partial charge in [0.15, 0.2) is 11.6 Å². The molecule has 2 aromatic carbocycles. The Bertz CT molecular complexity index is 1190. The topological polar surface area (TPSA) is 125 Å². The van der Waals surface area contributed by atoms with E-state index in [0.717, 1.165) is 16.6 Å². The van der Waals surface area contributed by atoms with Gasteiger partial charge in [0.1, 0.15) is 5.30 Å². The van der Waals surface area contributed by atoms with Gasteiger partial charge in [0.25, 0.3) is 0 Å². The van der Waals surface area contributed by atoms with E-state index >= 15 is 0 Å². The van der Waals surface area contributed by atoms with Crippen LogP contribution in [0.15, 0.2) is 53.2 Å². The molecule has 4 aromatic rings. The molecule has 0 amide bonds. The van der Waals surface area contributed by atoms with E-state index in [2.05, 4.69) is 9.97 Å². The standard InChI is InChI=1S/C19H18N3O4P/c1-11-4-2-5-12(8-11)9-14-18(27(23,24)25)17(26-19(14)20)13-6-3-7-15-16(13)22-10-21-15/h2-8,10H,9,20H2,1H3,(H,21,22)(H2,23,24,25). The summed E-state index contributed by atoms with van der Waals surface area (Å²) in [7, 11) is -4.66. The molecule has 0 fully saturated rings. The van der Waals surface area contributed by atoms with Crippen LogP contribution in [0.3, 0.4) is 0 Å². The van der Waals surface area contributed by atoms with Gasteiger partial charge in [-0.2, -0.15) is 0 Å². The molecule has 2 heterocycles. The van der Waals surface area contributed by atoms with Crippen LogP contribution in [0.25, 0.3) is 22.4 Å². The van der Waals surface area contributed by atoms with Crippen LogP contribution in [0.2, 0.25) is 0 Å². The fraction of sp³-hybridized carbons (Fsp3) is 0.105. The molecule has 0 aliphatic carbocycles. The molecule has 0 saturated carbocycles. The van der Waals surface area contributed by atoms with E-state index in [4.69, 9.17) is 10.2 Å². The molecular formula is C19H18N3O4P. The summed E-state index contributed by atoms with van der Waals surface area (Å²) in [6.07, 6.45) is 1.78. The van der Waals surface area contributed by atoms with Crippen LogP contribution in [0.5, 0.6) is 0 Å². The number of nitrogens with two attached hydrogens (primary N) is 1. The lowest BCUT2D eigenvalue weighted by atomic mass is 10.0. The fourth-order valence-electron chi connectivity index (χ4n) is 3.31. The van der Waals surface area contributed by atoms with Gasteiger partial charge in [-0.25, -0.2) is 4.98 Å². The summed E-state index contributed by atoms with van der Waals surface area (Å²) in [6, 6.07) is 13.0. The first-order valence-corrected chi connectivity index (χ1v) is 9.91. The van der Waals surface area contributed by atoms with Gasteiger partial charge < -0.3 is 24.9 Å². The van der Waals surface area contributed by atoms with E-state index < -0.39 is 7.60 Å². The normalized spacial score (nSPS) is 12.0. The third kappa shape index (κ3) is 3.17. The number of H-pyrrole nitrogens is 1. The zero-order chi connectivity index (χ0) is 19.2. The number of aryl methyl sites for hydroxylation is 1. The molecule has 0 spiro atoms. The highest BCUT2D eigenvalue weighted by Gasteiger charge is 2.33. The van der Waals surface area contributed by atoms with Crippen molar-refractivity contribution in [3.05, 3.63) is 65.5 Å². The maximum absolute atomic E-state index is 12.3. The Morgan fingerprint density at radius 1 is 1.22 bits per heavy atom. The molecule has 0 aliphatic heterocycles. The Hall–Kier alpha value is -2.86. The number of hydrogen-bond donors (Lipinski definition) is 4. The summed E-state index contributed by atoms with van der Waals surface area (Å²) in [6.45, 7) is 1.95. The molecule has 2 aromatic heterocycles. The number of nitrogen functional groups attached to an aromatic ring is 1. The smallest absolute Gasteiger partial charge is 0.360 e. The summed E-state index contributed by atoms with van der Waals surface area (Å²) in [5.41, 5.74) is 10.1. The quantitative estimate of drug-likeness (QED) is 0.401. The van der Waals surface area contributed by atoms with Crippen LogP contribution < -0.4 is 11.0 Å². The molecule has 27 heavy (non-hydrogen) atoms. The van der Waals surface area contributed by atoms with Crippen molar-refractivity contribution in [2.24, 2.45) is 0 Å². The summed E-state index contributed by atoms with van der Waals surface area (Å²) < 4.78 is 18.0. The molecule has 138 valence electrons. The van der Waals surface area contributed by atoms with Crippen molar-refractivity contribution in [1.82, 2.24) is 9.97 Å². The number of furan rings is 1. The monoisotopic (exact) mass is 383 g/mol. The Morgan fingerprint density at radius 2 is 2.00 bits per heavy atom. The van der Waals surface area contributed by atoms with Gasteiger partial charge in [-0.15, -0.1) is 0 Å². The minimum absolute atomic E-state index is 0.00244. The van der Waals surface area contributed by atoms with Crippen molar-refractivity contribution < 1.29 is 18.8 Å². The summed E-state index contributed by atoms with van der Waals surface area (Å²) in [4.78, 5) is 27.3. The van der Waals surface area contributed by atoms with Gasteiger partial charge in [-0.1, -0.05) is 35.9 Å². The molecule has 5 N–H and O–H groups in total. The fourth-order valence-corrected chi connectivity index (χ4v) is 4.28. The molecule has 7 nitrogen and oxygen atoms in total. The molecule has 0 saturated heterocycles. The van der Waals surface area contributed by atoms with E-state index in [0.29, 0.717) is 16.6 Å². The Labute approximate surface area is 155 Å². The van der Waals surface area contributed by atoms with Crippen LogP contribution in [-0.2, 0) is 11.0 Å². The second kappa shape index (κ2) is 6.39. The summed E-state index contributed by atoms with van der Waals surface area (Å²) >= 11 is 0. The number of imidazole rings is 1. The molecule has 0 radical (unpaired) electrons. The van der Waals surface area contributed by atoms with Crippen LogP contribution in [-0.4, -0.2) is 19.8 Å².